The molecule has 1 saturated heterocycles. The van der Waals surface area contributed by atoms with Crippen molar-refractivity contribution < 1.29 is 19.4 Å². The summed E-state index contributed by atoms with van der Waals surface area (Å²) in [5, 5.41) is 21.7. The van der Waals surface area contributed by atoms with E-state index in [1.807, 2.05) is 0 Å². The summed E-state index contributed by atoms with van der Waals surface area (Å²) in [6.45, 7) is 0.883. The third kappa shape index (κ3) is 2.03. The molecule has 0 saturated carbocycles. The highest BCUT2D eigenvalue weighted by Gasteiger charge is 2.26. The number of hydrogen-bond acceptors (Lipinski definition) is 4. The van der Waals surface area contributed by atoms with Crippen LogP contribution in [0.3, 0.4) is 0 Å². The van der Waals surface area contributed by atoms with Crippen LogP contribution in [0.2, 0.25) is 0 Å². The zero-order valence-corrected chi connectivity index (χ0v) is 8.14. The number of carbonyl (C=O) groups is 1. The van der Waals surface area contributed by atoms with Crippen LogP contribution in [0.15, 0.2) is 16.5 Å². The molecule has 1 aliphatic heterocycles. The van der Waals surface area contributed by atoms with Crippen molar-refractivity contribution >= 4 is 5.97 Å². The number of aliphatic hydroxyl groups is 1. The van der Waals surface area contributed by atoms with Crippen LogP contribution in [-0.4, -0.2) is 28.8 Å². The van der Waals surface area contributed by atoms with Crippen LogP contribution < -0.4 is 5.32 Å². The Kier molecular flexibility index (Phi) is 2.75. The van der Waals surface area contributed by atoms with Gasteiger partial charge in [0, 0.05) is 6.04 Å². The molecule has 1 aliphatic rings. The predicted octanol–water partition coefficient (Wildman–Crippen LogP) is 0.763. The van der Waals surface area contributed by atoms with E-state index in [1.165, 1.54) is 12.1 Å². The summed E-state index contributed by atoms with van der Waals surface area (Å²) in [6, 6.07) is 2.84. The van der Waals surface area contributed by atoms with E-state index in [2.05, 4.69) is 5.32 Å². The Labute approximate surface area is 86.7 Å². The van der Waals surface area contributed by atoms with Gasteiger partial charge in [0.15, 0.2) is 0 Å². The standard InChI is InChI=1S/C10H13NO4/c12-9(6-2-1-5-11-6)7-3-4-8(15-7)10(13)14/h3-4,6,9,11-12H,1-2,5H2,(H,13,14). The van der Waals surface area contributed by atoms with E-state index in [-0.39, 0.29) is 11.8 Å². The molecule has 5 heteroatoms. The summed E-state index contributed by atoms with van der Waals surface area (Å²) in [5.41, 5.74) is 0. The molecule has 5 nitrogen and oxygen atoms in total. The molecule has 2 heterocycles. The summed E-state index contributed by atoms with van der Waals surface area (Å²) in [7, 11) is 0. The monoisotopic (exact) mass is 211 g/mol. The fourth-order valence-electron chi connectivity index (χ4n) is 1.81. The number of rotatable bonds is 3. The first-order valence-corrected chi connectivity index (χ1v) is 4.93. The second kappa shape index (κ2) is 4.04. The second-order valence-corrected chi connectivity index (χ2v) is 3.65. The molecular weight excluding hydrogens is 198 g/mol. The van der Waals surface area contributed by atoms with Crippen molar-refractivity contribution in [3.05, 3.63) is 23.7 Å². The van der Waals surface area contributed by atoms with Crippen molar-refractivity contribution in [2.45, 2.75) is 25.0 Å². The van der Waals surface area contributed by atoms with Crippen LogP contribution in [0, 0.1) is 0 Å². The van der Waals surface area contributed by atoms with Gasteiger partial charge in [-0.05, 0) is 31.5 Å². The smallest absolute Gasteiger partial charge is 0.371 e. The summed E-state index contributed by atoms with van der Waals surface area (Å²) >= 11 is 0. The minimum absolute atomic E-state index is 0.0298. The lowest BCUT2D eigenvalue weighted by molar-refractivity contribution is 0.0643. The number of hydrogen-bond donors (Lipinski definition) is 3. The van der Waals surface area contributed by atoms with Gasteiger partial charge in [0.1, 0.15) is 11.9 Å². The molecule has 2 atom stereocenters. The Morgan fingerprint density at radius 2 is 2.40 bits per heavy atom. The van der Waals surface area contributed by atoms with Crippen LogP contribution in [0.5, 0.6) is 0 Å². The van der Waals surface area contributed by atoms with E-state index in [4.69, 9.17) is 9.52 Å². The molecule has 0 spiro atoms. The van der Waals surface area contributed by atoms with Crippen LogP contribution in [0.4, 0.5) is 0 Å². The van der Waals surface area contributed by atoms with Gasteiger partial charge in [0.2, 0.25) is 5.76 Å². The van der Waals surface area contributed by atoms with E-state index < -0.39 is 12.1 Å². The fourth-order valence-corrected chi connectivity index (χ4v) is 1.81. The van der Waals surface area contributed by atoms with Crippen LogP contribution >= 0.6 is 0 Å². The first-order valence-electron chi connectivity index (χ1n) is 4.93. The maximum absolute atomic E-state index is 10.6. The van der Waals surface area contributed by atoms with Gasteiger partial charge in [-0.3, -0.25) is 0 Å². The topological polar surface area (TPSA) is 82.7 Å². The van der Waals surface area contributed by atoms with E-state index in [9.17, 15) is 9.90 Å². The lowest BCUT2D eigenvalue weighted by Crippen LogP contribution is -2.28. The van der Waals surface area contributed by atoms with E-state index in [1.54, 1.807) is 0 Å². The summed E-state index contributed by atoms with van der Waals surface area (Å²) in [4.78, 5) is 10.6. The van der Waals surface area contributed by atoms with Crippen molar-refractivity contribution in [1.82, 2.24) is 5.32 Å². The molecule has 0 radical (unpaired) electrons. The van der Waals surface area contributed by atoms with E-state index in [0.29, 0.717) is 5.76 Å². The van der Waals surface area contributed by atoms with Crippen LogP contribution in [0.25, 0.3) is 0 Å². The van der Waals surface area contributed by atoms with E-state index in [0.717, 1.165) is 19.4 Å². The third-order valence-corrected chi connectivity index (χ3v) is 2.61. The Balaban J connectivity index is 2.10. The number of aliphatic hydroxyl groups excluding tert-OH is 1. The minimum Gasteiger partial charge on any atom is -0.475 e. The molecule has 1 fully saturated rings. The van der Waals surface area contributed by atoms with Crippen molar-refractivity contribution in [2.24, 2.45) is 0 Å². The lowest BCUT2D eigenvalue weighted by Gasteiger charge is -2.15. The second-order valence-electron chi connectivity index (χ2n) is 3.65. The molecule has 82 valence electrons. The van der Waals surface area contributed by atoms with Gasteiger partial charge in [0.05, 0.1) is 0 Å². The van der Waals surface area contributed by atoms with Crippen molar-refractivity contribution in [2.75, 3.05) is 6.54 Å². The molecule has 2 rings (SSSR count). The average Bonchev–Trinajstić information content (AvgIpc) is 2.88. The normalized spacial score (nSPS) is 22.9. The summed E-state index contributed by atoms with van der Waals surface area (Å²) in [5.74, 6) is -0.943. The molecule has 1 aromatic heterocycles. The maximum Gasteiger partial charge on any atom is 0.371 e. The first kappa shape index (κ1) is 10.2. The molecule has 15 heavy (non-hydrogen) atoms. The van der Waals surface area contributed by atoms with E-state index >= 15 is 0 Å². The molecule has 1 aromatic rings. The molecule has 2 unspecified atom stereocenters. The minimum atomic E-state index is -1.12. The van der Waals surface area contributed by atoms with Crippen molar-refractivity contribution in [3.8, 4) is 0 Å². The van der Waals surface area contributed by atoms with Crippen LogP contribution in [0.1, 0.15) is 35.3 Å². The highest BCUT2D eigenvalue weighted by atomic mass is 16.4. The lowest BCUT2D eigenvalue weighted by atomic mass is 10.1. The number of carboxylic acid groups (broad SMARTS) is 1. The number of furan rings is 1. The molecule has 0 aromatic carbocycles. The van der Waals surface area contributed by atoms with Crippen molar-refractivity contribution in [1.29, 1.82) is 0 Å². The third-order valence-electron chi connectivity index (χ3n) is 2.61. The van der Waals surface area contributed by atoms with Gasteiger partial charge in [-0.1, -0.05) is 0 Å². The van der Waals surface area contributed by atoms with Crippen molar-refractivity contribution in [3.63, 3.8) is 0 Å². The fraction of sp³-hybridized carbons (Fsp3) is 0.500. The maximum atomic E-state index is 10.6. The van der Waals surface area contributed by atoms with Gasteiger partial charge in [-0.15, -0.1) is 0 Å². The number of carboxylic acids is 1. The predicted molar refractivity (Wildman–Crippen MR) is 51.7 cm³/mol. The van der Waals surface area contributed by atoms with Crippen LogP contribution in [-0.2, 0) is 0 Å². The van der Waals surface area contributed by atoms with Gasteiger partial charge < -0.3 is 19.9 Å². The first-order chi connectivity index (χ1) is 7.18. The molecule has 0 aliphatic carbocycles. The van der Waals surface area contributed by atoms with Gasteiger partial charge in [-0.2, -0.15) is 0 Å². The molecule has 0 amide bonds. The highest BCUT2D eigenvalue weighted by molar-refractivity contribution is 5.84. The Morgan fingerprint density at radius 1 is 1.60 bits per heavy atom. The SMILES string of the molecule is O=C(O)c1ccc(C(O)C2CCCN2)o1. The quantitative estimate of drug-likeness (QED) is 0.687. The summed E-state index contributed by atoms with van der Waals surface area (Å²) < 4.78 is 5.03. The largest absolute Gasteiger partial charge is 0.475 e. The Hall–Kier alpha value is -1.33. The Bertz CT molecular complexity index is 354. The Morgan fingerprint density at radius 3 is 2.93 bits per heavy atom. The number of aromatic carboxylic acids is 1. The van der Waals surface area contributed by atoms with Gasteiger partial charge in [0.25, 0.3) is 0 Å². The van der Waals surface area contributed by atoms with Gasteiger partial charge >= 0.3 is 5.97 Å². The summed E-state index contributed by atoms with van der Waals surface area (Å²) in [6.07, 6.45) is 1.14. The zero-order valence-electron chi connectivity index (χ0n) is 8.14. The average molecular weight is 211 g/mol. The highest BCUT2D eigenvalue weighted by Crippen LogP contribution is 2.24. The molecule has 0 bridgehead atoms. The van der Waals surface area contributed by atoms with Gasteiger partial charge in [-0.25, -0.2) is 4.79 Å². The number of nitrogens with one attached hydrogen (secondary N) is 1. The zero-order chi connectivity index (χ0) is 10.8. The molecule has 3 N–H and O–H groups in total. The molecular formula is C10H13NO4.